The molecule has 1 aliphatic rings. The Labute approximate surface area is 179 Å². The molecule has 0 aliphatic carbocycles. The van der Waals surface area contributed by atoms with Crippen molar-refractivity contribution in [2.75, 3.05) is 19.8 Å². The Morgan fingerprint density at radius 2 is 1.34 bits per heavy atom. The molecule has 0 saturated carbocycles. The van der Waals surface area contributed by atoms with Gasteiger partial charge in [0.05, 0.1) is 6.67 Å². The van der Waals surface area contributed by atoms with Crippen molar-refractivity contribution in [3.05, 3.63) is 0 Å². The van der Waals surface area contributed by atoms with E-state index < -0.39 is 5.97 Å². The molecule has 1 heterocycles. The van der Waals surface area contributed by atoms with Crippen LogP contribution in [0, 0.1) is 0 Å². The molecule has 6 nitrogen and oxygen atoms in total. The second-order valence-corrected chi connectivity index (χ2v) is 8.57. The second-order valence-electron chi connectivity index (χ2n) is 8.57. The fourth-order valence-electron chi connectivity index (χ4n) is 3.36. The Hall–Kier alpha value is -1.30. The van der Waals surface area contributed by atoms with E-state index in [1.165, 1.54) is 77.0 Å². The topological polar surface area (TPSA) is 77.0 Å². The van der Waals surface area contributed by atoms with E-state index in [1.54, 1.807) is 0 Å². The molecule has 0 aromatic carbocycles. The highest BCUT2D eigenvalue weighted by Gasteiger charge is 2.23. The minimum Gasteiger partial charge on any atom is -0.481 e. The van der Waals surface area contributed by atoms with E-state index in [0.29, 0.717) is 0 Å². The molecule has 0 unspecified atom stereocenters. The van der Waals surface area contributed by atoms with Crippen molar-refractivity contribution >= 4 is 11.9 Å². The van der Waals surface area contributed by atoms with Crippen LogP contribution >= 0.6 is 0 Å². The predicted molar refractivity (Wildman–Crippen MR) is 124 cm³/mol. The second kappa shape index (κ2) is 17.5. The molecule has 1 aliphatic heterocycles. The number of nitrogens with one attached hydrogen (secondary N) is 2. The third-order valence-corrected chi connectivity index (χ3v) is 5.02. The molecule has 172 valence electrons. The normalized spacial score (nSPS) is 15.0. The molecule has 1 rings (SSSR count). The van der Waals surface area contributed by atoms with Gasteiger partial charge in [-0.2, -0.15) is 0 Å². The molecular formula is C23H48N4O2. The SMILES string of the molecule is CC(=O)O.CCCCCCCCN(CCCCCCCC)C1=NC(C)(C)NCN1. The Balaban J connectivity index is 0.00000178. The summed E-state index contributed by atoms with van der Waals surface area (Å²) in [6.07, 6.45) is 16.2. The summed E-state index contributed by atoms with van der Waals surface area (Å²) in [5.41, 5.74) is -0.152. The van der Waals surface area contributed by atoms with Gasteiger partial charge < -0.3 is 15.3 Å². The first kappa shape index (κ1) is 27.7. The van der Waals surface area contributed by atoms with Crippen LogP contribution in [0.5, 0.6) is 0 Å². The number of unbranched alkanes of at least 4 members (excludes halogenated alkanes) is 10. The van der Waals surface area contributed by atoms with E-state index in [2.05, 4.69) is 43.2 Å². The molecule has 6 heteroatoms. The number of hydrogen-bond acceptors (Lipinski definition) is 5. The van der Waals surface area contributed by atoms with Gasteiger partial charge in [0.1, 0.15) is 5.66 Å². The fraction of sp³-hybridized carbons (Fsp3) is 0.913. The molecule has 3 N–H and O–H groups in total. The van der Waals surface area contributed by atoms with Crippen LogP contribution in [0.2, 0.25) is 0 Å². The van der Waals surface area contributed by atoms with Crippen LogP contribution in [0.15, 0.2) is 4.99 Å². The van der Waals surface area contributed by atoms with E-state index in [0.717, 1.165) is 32.6 Å². The summed E-state index contributed by atoms with van der Waals surface area (Å²) in [6.45, 7) is 13.1. The maximum absolute atomic E-state index is 9.00. The molecule has 0 fully saturated rings. The number of nitrogens with zero attached hydrogens (tertiary/aromatic N) is 2. The number of carbonyl (C=O) groups is 1. The van der Waals surface area contributed by atoms with Crippen molar-refractivity contribution in [3.63, 3.8) is 0 Å². The smallest absolute Gasteiger partial charge is 0.300 e. The molecule has 0 spiro atoms. The van der Waals surface area contributed by atoms with E-state index >= 15 is 0 Å². The summed E-state index contributed by atoms with van der Waals surface area (Å²) >= 11 is 0. The monoisotopic (exact) mass is 412 g/mol. The van der Waals surface area contributed by atoms with Crippen LogP contribution in [0.25, 0.3) is 0 Å². The van der Waals surface area contributed by atoms with Gasteiger partial charge in [-0.05, 0) is 26.7 Å². The first-order valence-corrected chi connectivity index (χ1v) is 11.9. The molecule has 0 atom stereocenters. The quantitative estimate of drug-likeness (QED) is 0.336. The lowest BCUT2D eigenvalue weighted by molar-refractivity contribution is -0.134. The van der Waals surface area contributed by atoms with Crippen LogP contribution in [-0.4, -0.2) is 47.4 Å². The van der Waals surface area contributed by atoms with Crippen molar-refractivity contribution in [3.8, 4) is 0 Å². The van der Waals surface area contributed by atoms with Crippen LogP contribution in [0.1, 0.15) is 112 Å². The van der Waals surface area contributed by atoms with E-state index in [1.807, 2.05) is 0 Å². The number of carboxylic acids is 1. The molecule has 0 aromatic rings. The Morgan fingerprint density at radius 1 is 0.931 bits per heavy atom. The lowest BCUT2D eigenvalue weighted by atomic mass is 10.1. The molecule has 0 amide bonds. The minimum absolute atomic E-state index is 0.152. The lowest BCUT2D eigenvalue weighted by Gasteiger charge is -2.35. The van der Waals surface area contributed by atoms with Crippen molar-refractivity contribution in [1.29, 1.82) is 0 Å². The van der Waals surface area contributed by atoms with Crippen LogP contribution in [0.4, 0.5) is 0 Å². The van der Waals surface area contributed by atoms with Gasteiger partial charge >= 0.3 is 0 Å². The molecule has 0 aromatic heterocycles. The van der Waals surface area contributed by atoms with Crippen molar-refractivity contribution in [1.82, 2.24) is 15.5 Å². The van der Waals surface area contributed by atoms with Crippen molar-refractivity contribution in [2.24, 2.45) is 4.99 Å². The molecule has 29 heavy (non-hydrogen) atoms. The van der Waals surface area contributed by atoms with Gasteiger partial charge in [0.15, 0.2) is 5.96 Å². The summed E-state index contributed by atoms with van der Waals surface area (Å²) in [5, 5.41) is 14.3. The van der Waals surface area contributed by atoms with Crippen LogP contribution < -0.4 is 10.6 Å². The third-order valence-electron chi connectivity index (χ3n) is 5.02. The van der Waals surface area contributed by atoms with Gasteiger partial charge in [-0.3, -0.25) is 10.1 Å². The average molecular weight is 413 g/mol. The maximum atomic E-state index is 9.00. The summed E-state index contributed by atoms with van der Waals surface area (Å²) in [7, 11) is 0. The maximum Gasteiger partial charge on any atom is 0.300 e. The number of aliphatic imine (C=N–C) groups is 1. The van der Waals surface area contributed by atoms with Gasteiger partial charge in [0, 0.05) is 20.0 Å². The lowest BCUT2D eigenvalue weighted by Crippen LogP contribution is -2.56. The van der Waals surface area contributed by atoms with Gasteiger partial charge in [-0.1, -0.05) is 78.1 Å². The highest BCUT2D eigenvalue weighted by atomic mass is 16.4. The molecular weight excluding hydrogens is 364 g/mol. The van der Waals surface area contributed by atoms with E-state index in [4.69, 9.17) is 14.9 Å². The van der Waals surface area contributed by atoms with Crippen LogP contribution in [-0.2, 0) is 4.79 Å². The Kier molecular flexibility index (Phi) is 16.8. The zero-order valence-electron chi connectivity index (χ0n) is 19.9. The number of guanidine groups is 1. The van der Waals surface area contributed by atoms with E-state index in [9.17, 15) is 0 Å². The number of carboxylic acid groups (broad SMARTS) is 1. The number of rotatable bonds is 14. The first-order valence-electron chi connectivity index (χ1n) is 11.9. The molecule has 0 radical (unpaired) electrons. The summed E-state index contributed by atoms with van der Waals surface area (Å²) in [5.74, 6) is 0.269. The highest BCUT2D eigenvalue weighted by Crippen LogP contribution is 2.12. The summed E-state index contributed by atoms with van der Waals surface area (Å²) in [4.78, 5) is 16.4. The number of hydrogen-bond donors (Lipinski definition) is 3. The Morgan fingerprint density at radius 3 is 1.76 bits per heavy atom. The molecule has 0 saturated heterocycles. The van der Waals surface area contributed by atoms with Gasteiger partial charge in [0.25, 0.3) is 5.97 Å². The summed E-state index contributed by atoms with van der Waals surface area (Å²) in [6, 6.07) is 0. The third kappa shape index (κ3) is 17.3. The van der Waals surface area contributed by atoms with E-state index in [-0.39, 0.29) is 5.66 Å². The fourth-order valence-corrected chi connectivity index (χ4v) is 3.36. The zero-order valence-corrected chi connectivity index (χ0v) is 19.9. The predicted octanol–water partition coefficient (Wildman–Crippen LogP) is 5.34. The Bertz CT molecular complexity index is 419. The standard InChI is InChI=1S/C21H44N4.C2H4O2/c1-5-7-9-11-13-15-17-25(18-16-14-12-10-8-6-2)20-22-19-23-21(3,4)24-20;1-2(3)4/h23H,5-19H2,1-4H3,(H,22,24);1H3,(H,3,4). The molecule has 0 bridgehead atoms. The largest absolute Gasteiger partial charge is 0.481 e. The summed E-state index contributed by atoms with van der Waals surface area (Å²) < 4.78 is 0. The van der Waals surface area contributed by atoms with Crippen molar-refractivity contribution in [2.45, 2.75) is 117 Å². The van der Waals surface area contributed by atoms with Gasteiger partial charge in [-0.25, -0.2) is 4.99 Å². The highest BCUT2D eigenvalue weighted by molar-refractivity contribution is 5.80. The first-order chi connectivity index (χ1) is 13.8. The number of aliphatic carboxylic acids is 1. The van der Waals surface area contributed by atoms with Crippen LogP contribution in [0.3, 0.4) is 0 Å². The van der Waals surface area contributed by atoms with Crippen molar-refractivity contribution < 1.29 is 9.90 Å². The van der Waals surface area contributed by atoms with Gasteiger partial charge in [-0.15, -0.1) is 0 Å². The zero-order chi connectivity index (χ0) is 22.0. The average Bonchev–Trinajstić information content (AvgIpc) is 2.64. The van der Waals surface area contributed by atoms with Gasteiger partial charge in [0.2, 0.25) is 0 Å². The minimum atomic E-state index is -0.833.